The summed E-state index contributed by atoms with van der Waals surface area (Å²) in [6, 6.07) is 0. The predicted molar refractivity (Wildman–Crippen MR) is 131 cm³/mol. The molecule has 5 aliphatic rings. The van der Waals surface area contributed by atoms with Crippen molar-refractivity contribution in [2.45, 2.75) is 119 Å². The summed E-state index contributed by atoms with van der Waals surface area (Å²) in [6.07, 6.45) is 14.5. The zero-order chi connectivity index (χ0) is 22.6. The molecule has 0 radical (unpaired) electrons. The van der Waals surface area contributed by atoms with E-state index in [4.69, 9.17) is 0 Å². The second-order valence-electron chi connectivity index (χ2n) is 14.7. The Morgan fingerprint density at radius 1 is 0.806 bits per heavy atom. The van der Waals surface area contributed by atoms with Crippen molar-refractivity contribution >= 4 is 0 Å². The molecule has 10 atom stereocenters. The quantitative estimate of drug-likeness (QED) is 0.389. The molecule has 176 valence electrons. The van der Waals surface area contributed by atoms with E-state index in [1.807, 2.05) is 5.57 Å². The fraction of sp³-hybridized carbons (Fsp3) is 0.933. The highest BCUT2D eigenvalue weighted by Crippen LogP contribution is 2.75. The van der Waals surface area contributed by atoms with Gasteiger partial charge in [-0.25, -0.2) is 0 Å². The van der Waals surface area contributed by atoms with E-state index in [9.17, 15) is 5.11 Å². The van der Waals surface area contributed by atoms with E-state index in [1.54, 1.807) is 0 Å². The molecule has 1 heteroatoms. The molecule has 0 bridgehead atoms. The summed E-state index contributed by atoms with van der Waals surface area (Å²) >= 11 is 0. The minimum Gasteiger partial charge on any atom is -0.393 e. The largest absolute Gasteiger partial charge is 0.393 e. The third kappa shape index (κ3) is 2.65. The Bertz CT molecular complexity index is 779. The number of aliphatic hydroxyl groups excluding tert-OH is 1. The summed E-state index contributed by atoms with van der Waals surface area (Å²) in [5.41, 5.74) is 3.60. The zero-order valence-electron chi connectivity index (χ0n) is 21.9. The molecule has 0 aromatic heterocycles. The van der Waals surface area contributed by atoms with Crippen molar-refractivity contribution in [3.05, 3.63) is 11.6 Å². The van der Waals surface area contributed by atoms with Crippen molar-refractivity contribution in [1.82, 2.24) is 0 Å². The highest BCUT2D eigenvalue weighted by molar-refractivity contribution is 5.33. The lowest BCUT2D eigenvalue weighted by molar-refractivity contribution is -0.203. The van der Waals surface area contributed by atoms with Crippen LogP contribution in [0, 0.1) is 56.7 Å². The van der Waals surface area contributed by atoms with Crippen LogP contribution in [0.4, 0.5) is 0 Å². The molecular weight excluding hydrogens is 376 g/mol. The van der Waals surface area contributed by atoms with E-state index < -0.39 is 0 Å². The molecule has 4 saturated carbocycles. The molecule has 0 aliphatic heterocycles. The summed E-state index contributed by atoms with van der Waals surface area (Å²) < 4.78 is 0. The normalized spacial score (nSPS) is 58.3. The fourth-order valence-corrected chi connectivity index (χ4v) is 10.8. The summed E-state index contributed by atoms with van der Waals surface area (Å²) in [4.78, 5) is 0. The summed E-state index contributed by atoms with van der Waals surface area (Å²) in [7, 11) is 0. The zero-order valence-corrected chi connectivity index (χ0v) is 21.9. The number of rotatable bonds is 0. The van der Waals surface area contributed by atoms with Crippen LogP contribution in [-0.2, 0) is 0 Å². The van der Waals surface area contributed by atoms with Crippen molar-refractivity contribution in [3.8, 4) is 0 Å². The predicted octanol–water partition coefficient (Wildman–Crippen LogP) is 8.02. The van der Waals surface area contributed by atoms with Crippen molar-refractivity contribution in [1.29, 1.82) is 0 Å². The van der Waals surface area contributed by atoms with Gasteiger partial charge in [-0.2, -0.15) is 0 Å². The van der Waals surface area contributed by atoms with E-state index in [0.29, 0.717) is 27.6 Å². The van der Waals surface area contributed by atoms with Gasteiger partial charge in [-0.15, -0.1) is 0 Å². The second-order valence-corrected chi connectivity index (χ2v) is 14.7. The molecule has 0 aromatic carbocycles. The number of hydrogen-bond acceptors (Lipinski definition) is 1. The Hall–Kier alpha value is -0.300. The van der Waals surface area contributed by atoms with Crippen LogP contribution >= 0.6 is 0 Å². The number of fused-ring (bicyclic) bond motifs is 7. The number of hydrogen-bond donors (Lipinski definition) is 1. The Balaban J connectivity index is 1.59. The number of aliphatic hydroxyl groups is 1. The van der Waals surface area contributed by atoms with Crippen LogP contribution < -0.4 is 0 Å². The van der Waals surface area contributed by atoms with Gasteiger partial charge in [0.25, 0.3) is 0 Å². The Kier molecular flexibility index (Phi) is 4.82. The van der Waals surface area contributed by atoms with Crippen LogP contribution in [0.2, 0.25) is 0 Å². The molecule has 0 saturated heterocycles. The van der Waals surface area contributed by atoms with Gasteiger partial charge in [0, 0.05) is 0 Å². The topological polar surface area (TPSA) is 20.2 Å². The molecular formula is C30H50O. The van der Waals surface area contributed by atoms with Crippen LogP contribution in [0.1, 0.15) is 113 Å². The highest BCUT2D eigenvalue weighted by atomic mass is 16.3. The van der Waals surface area contributed by atoms with Crippen molar-refractivity contribution < 1.29 is 5.11 Å². The van der Waals surface area contributed by atoms with E-state index in [2.05, 4.69) is 61.5 Å². The van der Waals surface area contributed by atoms with Crippen molar-refractivity contribution in [3.63, 3.8) is 0 Å². The van der Waals surface area contributed by atoms with Gasteiger partial charge >= 0.3 is 0 Å². The first-order valence-electron chi connectivity index (χ1n) is 13.7. The van der Waals surface area contributed by atoms with E-state index in [0.717, 1.165) is 30.1 Å². The Morgan fingerprint density at radius 2 is 1.52 bits per heavy atom. The summed E-state index contributed by atoms with van der Waals surface area (Å²) in [5.74, 6) is 3.90. The third-order valence-electron chi connectivity index (χ3n) is 13.4. The molecule has 4 fully saturated rings. The van der Waals surface area contributed by atoms with Gasteiger partial charge < -0.3 is 5.11 Å². The fourth-order valence-electron chi connectivity index (χ4n) is 10.8. The van der Waals surface area contributed by atoms with Gasteiger partial charge in [0.1, 0.15) is 0 Å². The number of allylic oxidation sites excluding steroid dienone is 2. The smallest absolute Gasteiger partial charge is 0.0594 e. The van der Waals surface area contributed by atoms with Crippen LogP contribution in [-0.4, -0.2) is 11.2 Å². The van der Waals surface area contributed by atoms with Gasteiger partial charge in [0.15, 0.2) is 0 Å². The van der Waals surface area contributed by atoms with Crippen LogP contribution in [0.5, 0.6) is 0 Å². The first-order valence-corrected chi connectivity index (χ1v) is 13.7. The molecule has 1 N–H and O–H groups in total. The average molecular weight is 427 g/mol. The maximum Gasteiger partial charge on any atom is 0.0594 e. The van der Waals surface area contributed by atoms with Gasteiger partial charge in [-0.1, -0.05) is 67.0 Å². The summed E-state index contributed by atoms with van der Waals surface area (Å²) in [5, 5.41) is 10.9. The molecule has 31 heavy (non-hydrogen) atoms. The molecule has 2 unspecified atom stereocenters. The minimum absolute atomic E-state index is 0.0533. The third-order valence-corrected chi connectivity index (χ3v) is 13.4. The standard InChI is InChI=1S/C30H50O/c1-19-11-14-27(5)17-18-29(7)21(25(27)20(19)2)9-10-23-28(6)15-13-24(31)26(3,4)22(28)12-16-30(23,29)8/h9,19-20,22-25,31H,10-18H2,1-8H3/t19-,20+,22?,23?,24-,25-,27+,28-,29+,30+/m0/s1. The highest BCUT2D eigenvalue weighted by Gasteiger charge is 2.67. The van der Waals surface area contributed by atoms with Gasteiger partial charge in [0.05, 0.1) is 6.10 Å². The molecule has 5 rings (SSSR count). The first-order chi connectivity index (χ1) is 14.3. The van der Waals surface area contributed by atoms with Crippen LogP contribution in [0.25, 0.3) is 0 Å². The monoisotopic (exact) mass is 426 g/mol. The molecule has 5 aliphatic carbocycles. The van der Waals surface area contributed by atoms with E-state index in [-0.39, 0.29) is 11.5 Å². The first kappa shape index (κ1) is 22.5. The maximum atomic E-state index is 10.9. The average Bonchev–Trinajstić information content (AvgIpc) is 2.69. The van der Waals surface area contributed by atoms with Crippen LogP contribution in [0.15, 0.2) is 11.6 Å². The Labute approximate surface area is 192 Å². The van der Waals surface area contributed by atoms with Gasteiger partial charge in [0.2, 0.25) is 0 Å². The Morgan fingerprint density at radius 3 is 2.23 bits per heavy atom. The molecule has 0 amide bonds. The maximum absolute atomic E-state index is 10.9. The van der Waals surface area contributed by atoms with Gasteiger partial charge in [-0.05, 0) is 114 Å². The van der Waals surface area contributed by atoms with Crippen molar-refractivity contribution in [2.75, 3.05) is 0 Å². The lowest BCUT2D eigenvalue weighted by atomic mass is 9.33. The van der Waals surface area contributed by atoms with Gasteiger partial charge in [-0.3, -0.25) is 0 Å². The SMILES string of the molecule is C[C@H]1[C@H]2C3=CCC4[C@@]5(C)CC[C@H](O)C(C)(C)C5CC[C@@]4(C)[C@]3(C)CC[C@@]2(C)CC[C@@H]1C. The molecule has 0 aromatic rings. The second kappa shape index (κ2) is 6.64. The minimum atomic E-state index is -0.125. The van der Waals surface area contributed by atoms with E-state index >= 15 is 0 Å². The van der Waals surface area contributed by atoms with E-state index in [1.165, 1.54) is 51.4 Å². The molecule has 1 nitrogen and oxygen atoms in total. The van der Waals surface area contributed by atoms with Crippen molar-refractivity contribution in [2.24, 2.45) is 56.7 Å². The lowest BCUT2D eigenvalue weighted by Gasteiger charge is -2.71. The molecule has 0 spiro atoms. The summed E-state index contributed by atoms with van der Waals surface area (Å²) in [6.45, 7) is 20.5. The molecule has 0 heterocycles. The lowest BCUT2D eigenvalue weighted by Crippen LogP contribution is -2.64. The van der Waals surface area contributed by atoms with Crippen LogP contribution in [0.3, 0.4) is 0 Å².